The lowest BCUT2D eigenvalue weighted by Crippen LogP contribution is -2.55. The monoisotopic (exact) mass is 429 g/mol. The number of hydrogen-bond donors (Lipinski definition) is 0. The maximum atomic E-state index is 13.2. The van der Waals surface area contributed by atoms with Crippen molar-refractivity contribution in [1.29, 1.82) is 0 Å². The maximum Gasteiger partial charge on any atom is 0.243 e. The smallest absolute Gasteiger partial charge is 0.243 e. The average molecular weight is 430 g/mol. The molecule has 0 N–H and O–H groups in total. The molecule has 0 aromatic heterocycles. The minimum Gasteiger partial charge on any atom is -0.341 e. The van der Waals surface area contributed by atoms with E-state index in [0.29, 0.717) is 31.1 Å². The molecule has 2 fully saturated rings. The number of fused-ring (bicyclic) bond motifs is 1. The summed E-state index contributed by atoms with van der Waals surface area (Å²) in [6.07, 6.45) is 4.55. The molecule has 2 saturated heterocycles. The minimum atomic E-state index is -3.54. The molecule has 30 heavy (non-hydrogen) atoms. The highest BCUT2D eigenvalue weighted by Gasteiger charge is 2.33. The Hall–Kier alpha value is -1.96. The highest BCUT2D eigenvalue weighted by Crippen LogP contribution is 2.23. The Balaban J connectivity index is 1.41. The highest BCUT2D eigenvalue weighted by molar-refractivity contribution is 7.89. The summed E-state index contributed by atoms with van der Waals surface area (Å²) < 4.78 is 27.9. The summed E-state index contributed by atoms with van der Waals surface area (Å²) in [7, 11) is -3.54. The van der Waals surface area contributed by atoms with Gasteiger partial charge in [0.05, 0.1) is 10.9 Å². The van der Waals surface area contributed by atoms with Gasteiger partial charge in [-0.25, -0.2) is 8.42 Å². The van der Waals surface area contributed by atoms with Crippen molar-refractivity contribution < 1.29 is 13.2 Å². The predicted octanol–water partition coefficient (Wildman–Crippen LogP) is 2.94. The van der Waals surface area contributed by atoms with Crippen LogP contribution in [0, 0.1) is 0 Å². The Morgan fingerprint density at radius 1 is 0.833 bits per heavy atom. The number of carbonyl (C=O) groups is 1. The summed E-state index contributed by atoms with van der Waals surface area (Å²) in [6, 6.07) is 12.9. The second-order valence-corrected chi connectivity index (χ2v) is 10.3. The zero-order valence-electron chi connectivity index (χ0n) is 17.7. The molecule has 2 aromatic carbocycles. The molecule has 2 aromatic rings. The predicted molar refractivity (Wildman–Crippen MR) is 119 cm³/mol. The molecule has 0 saturated carbocycles. The average Bonchev–Trinajstić information content (AvgIpc) is 3.07. The second kappa shape index (κ2) is 9.04. The van der Waals surface area contributed by atoms with Gasteiger partial charge in [0.25, 0.3) is 0 Å². The van der Waals surface area contributed by atoms with E-state index in [2.05, 4.69) is 4.90 Å². The summed E-state index contributed by atoms with van der Waals surface area (Å²) >= 11 is 0. The zero-order valence-corrected chi connectivity index (χ0v) is 18.5. The number of benzene rings is 2. The topological polar surface area (TPSA) is 60.9 Å². The van der Waals surface area contributed by atoms with Crippen molar-refractivity contribution in [2.24, 2.45) is 0 Å². The molecule has 1 amide bonds. The van der Waals surface area contributed by atoms with Gasteiger partial charge in [0.1, 0.15) is 0 Å². The van der Waals surface area contributed by atoms with Crippen molar-refractivity contribution in [3.05, 3.63) is 42.5 Å². The number of nitrogens with zero attached hydrogens (tertiary/aromatic N) is 3. The third kappa shape index (κ3) is 4.38. The Morgan fingerprint density at radius 2 is 1.47 bits per heavy atom. The van der Waals surface area contributed by atoms with Crippen molar-refractivity contribution in [2.45, 2.75) is 43.5 Å². The third-order valence-electron chi connectivity index (χ3n) is 6.45. The van der Waals surface area contributed by atoms with Crippen LogP contribution in [0.15, 0.2) is 47.4 Å². The van der Waals surface area contributed by atoms with Crippen molar-refractivity contribution in [1.82, 2.24) is 14.1 Å². The van der Waals surface area contributed by atoms with Gasteiger partial charge >= 0.3 is 0 Å². The van der Waals surface area contributed by atoms with Crippen molar-refractivity contribution in [2.75, 3.05) is 39.3 Å². The fraction of sp³-hybridized carbons (Fsp3) is 0.522. The van der Waals surface area contributed by atoms with Crippen LogP contribution in [0.3, 0.4) is 0 Å². The molecule has 2 heterocycles. The van der Waals surface area contributed by atoms with Gasteiger partial charge in [0.2, 0.25) is 15.9 Å². The Kier molecular flexibility index (Phi) is 6.41. The molecular weight excluding hydrogens is 398 g/mol. The van der Waals surface area contributed by atoms with E-state index in [-0.39, 0.29) is 11.9 Å². The fourth-order valence-electron chi connectivity index (χ4n) is 4.52. The van der Waals surface area contributed by atoms with Crippen LogP contribution in [0.2, 0.25) is 0 Å². The lowest BCUT2D eigenvalue weighted by atomic mass is 10.1. The fourth-order valence-corrected chi connectivity index (χ4v) is 5.98. The van der Waals surface area contributed by atoms with E-state index in [4.69, 9.17) is 0 Å². The summed E-state index contributed by atoms with van der Waals surface area (Å²) in [5.41, 5.74) is 0. The van der Waals surface area contributed by atoms with Gasteiger partial charge in [-0.2, -0.15) is 4.31 Å². The van der Waals surface area contributed by atoms with E-state index in [1.54, 1.807) is 16.4 Å². The Labute approximate surface area is 179 Å². The van der Waals surface area contributed by atoms with Crippen LogP contribution in [0.5, 0.6) is 0 Å². The van der Waals surface area contributed by atoms with Crippen LogP contribution in [-0.4, -0.2) is 73.7 Å². The van der Waals surface area contributed by atoms with Crippen LogP contribution in [0.4, 0.5) is 0 Å². The van der Waals surface area contributed by atoms with Crippen LogP contribution in [0.25, 0.3) is 10.8 Å². The van der Waals surface area contributed by atoms with Gasteiger partial charge in [-0.15, -0.1) is 0 Å². The Bertz CT molecular complexity index is 992. The van der Waals surface area contributed by atoms with E-state index in [0.717, 1.165) is 36.7 Å². The molecule has 162 valence electrons. The number of piperazine rings is 1. The molecule has 0 bridgehead atoms. The normalized spacial score (nSPS) is 20.8. The van der Waals surface area contributed by atoms with Crippen LogP contribution >= 0.6 is 0 Å². The SMILES string of the molecule is CC(C(=O)N1CCCCCC1)N1CCN(S(=O)(=O)c2ccc3ccccc3c2)CC1. The quantitative estimate of drug-likeness (QED) is 0.750. The van der Waals surface area contributed by atoms with Gasteiger partial charge in [-0.3, -0.25) is 9.69 Å². The molecule has 1 unspecified atom stereocenters. The largest absolute Gasteiger partial charge is 0.341 e. The zero-order chi connectivity index (χ0) is 21.1. The van der Waals surface area contributed by atoms with Crippen molar-refractivity contribution in [3.8, 4) is 0 Å². The maximum absolute atomic E-state index is 13.2. The van der Waals surface area contributed by atoms with Gasteiger partial charge in [-0.1, -0.05) is 43.2 Å². The number of carbonyl (C=O) groups excluding carboxylic acids is 1. The summed E-state index contributed by atoms with van der Waals surface area (Å²) in [5, 5.41) is 1.95. The van der Waals surface area contributed by atoms with E-state index in [9.17, 15) is 13.2 Å². The molecule has 2 aliphatic heterocycles. The van der Waals surface area contributed by atoms with Crippen molar-refractivity contribution >= 4 is 26.7 Å². The lowest BCUT2D eigenvalue weighted by molar-refractivity contribution is -0.136. The molecule has 4 rings (SSSR count). The highest BCUT2D eigenvalue weighted by atomic mass is 32.2. The number of amides is 1. The first-order chi connectivity index (χ1) is 14.5. The molecule has 0 spiro atoms. The standard InChI is InChI=1S/C23H31N3O3S/c1-19(23(27)25-12-6-2-3-7-13-25)24-14-16-26(17-15-24)30(28,29)22-11-10-20-8-4-5-9-21(20)18-22/h4-5,8-11,18-19H,2-3,6-7,12-17H2,1H3. The lowest BCUT2D eigenvalue weighted by Gasteiger charge is -2.38. The first kappa shape index (κ1) is 21.3. The number of rotatable bonds is 4. The van der Waals surface area contributed by atoms with Gasteiger partial charge in [-0.05, 0) is 42.7 Å². The van der Waals surface area contributed by atoms with Gasteiger partial charge in [0.15, 0.2) is 0 Å². The van der Waals surface area contributed by atoms with E-state index in [1.807, 2.05) is 42.2 Å². The van der Waals surface area contributed by atoms with Gasteiger partial charge in [0, 0.05) is 39.3 Å². The minimum absolute atomic E-state index is 0.183. The molecular formula is C23H31N3O3S. The number of likely N-dealkylation sites (tertiary alicyclic amines) is 1. The summed E-state index contributed by atoms with van der Waals surface area (Å²) in [6.45, 7) is 5.63. The van der Waals surface area contributed by atoms with Crippen LogP contribution in [0.1, 0.15) is 32.6 Å². The summed E-state index contributed by atoms with van der Waals surface area (Å²) in [5.74, 6) is 0.183. The summed E-state index contributed by atoms with van der Waals surface area (Å²) in [4.78, 5) is 17.4. The molecule has 2 aliphatic rings. The van der Waals surface area contributed by atoms with Crippen LogP contribution in [-0.2, 0) is 14.8 Å². The molecule has 0 radical (unpaired) electrons. The van der Waals surface area contributed by atoms with E-state index in [1.165, 1.54) is 12.8 Å². The first-order valence-corrected chi connectivity index (χ1v) is 12.4. The second-order valence-electron chi connectivity index (χ2n) is 8.36. The first-order valence-electron chi connectivity index (χ1n) is 11.0. The number of hydrogen-bond acceptors (Lipinski definition) is 4. The van der Waals surface area contributed by atoms with E-state index < -0.39 is 10.0 Å². The number of sulfonamides is 1. The van der Waals surface area contributed by atoms with E-state index >= 15 is 0 Å². The van der Waals surface area contributed by atoms with Crippen molar-refractivity contribution in [3.63, 3.8) is 0 Å². The third-order valence-corrected chi connectivity index (χ3v) is 8.35. The molecule has 6 nitrogen and oxygen atoms in total. The molecule has 1 atom stereocenters. The van der Waals surface area contributed by atoms with Gasteiger partial charge < -0.3 is 4.90 Å². The molecule has 7 heteroatoms. The molecule has 0 aliphatic carbocycles. The van der Waals surface area contributed by atoms with Crippen LogP contribution < -0.4 is 0 Å². The Morgan fingerprint density at radius 3 is 2.13 bits per heavy atom.